The molecule has 0 aliphatic heterocycles. The Balaban J connectivity index is 2.37. The predicted octanol–water partition coefficient (Wildman–Crippen LogP) is 1.71. The molecule has 0 radical (unpaired) electrons. The quantitative estimate of drug-likeness (QED) is 0.630. The van der Waals surface area contributed by atoms with Gasteiger partial charge in [0.2, 0.25) is 20.0 Å². The van der Waals surface area contributed by atoms with E-state index in [2.05, 4.69) is 9.44 Å². The van der Waals surface area contributed by atoms with Crippen LogP contribution in [-0.2, 0) is 26.5 Å². The summed E-state index contributed by atoms with van der Waals surface area (Å²) in [5.41, 5.74) is 1.55. The Bertz CT molecular complexity index is 653. The molecule has 1 aromatic carbocycles. The fourth-order valence-electron chi connectivity index (χ4n) is 1.88. The minimum absolute atomic E-state index is 0.176. The van der Waals surface area contributed by atoms with Crippen LogP contribution in [0.5, 0.6) is 0 Å². The van der Waals surface area contributed by atoms with Gasteiger partial charge in [0, 0.05) is 12.2 Å². The third-order valence-corrected chi connectivity index (χ3v) is 5.06. The zero-order chi connectivity index (χ0) is 16.6. The van der Waals surface area contributed by atoms with Gasteiger partial charge in [0.15, 0.2) is 0 Å². The van der Waals surface area contributed by atoms with Crippen LogP contribution in [-0.4, -0.2) is 35.4 Å². The molecule has 1 aromatic rings. The van der Waals surface area contributed by atoms with Crippen molar-refractivity contribution >= 4 is 25.7 Å². The average molecular weight is 348 g/mol. The van der Waals surface area contributed by atoms with E-state index in [1.54, 1.807) is 12.1 Å². The second-order valence-corrected chi connectivity index (χ2v) is 8.92. The van der Waals surface area contributed by atoms with Gasteiger partial charge >= 0.3 is 0 Å². The largest absolute Gasteiger partial charge is 0.284 e. The van der Waals surface area contributed by atoms with Crippen molar-refractivity contribution in [1.82, 2.24) is 4.72 Å². The number of hydrogen-bond donors (Lipinski definition) is 2. The average Bonchev–Trinajstić information content (AvgIpc) is 2.42. The lowest BCUT2D eigenvalue weighted by Gasteiger charge is -2.07. The third-order valence-electron chi connectivity index (χ3n) is 2.99. The number of nitrogens with one attached hydrogen (secondary N) is 2. The first-order valence-electron chi connectivity index (χ1n) is 7.26. The minimum atomic E-state index is -3.26. The zero-order valence-corrected chi connectivity index (χ0v) is 14.6. The number of sulfonamides is 2. The molecule has 0 atom stereocenters. The van der Waals surface area contributed by atoms with Crippen molar-refractivity contribution in [3.8, 4) is 0 Å². The molecule has 0 aliphatic rings. The Labute approximate surface area is 133 Å². The summed E-state index contributed by atoms with van der Waals surface area (Å²) in [4.78, 5) is 0. The molecule has 8 heteroatoms. The van der Waals surface area contributed by atoms with Gasteiger partial charge in [-0.1, -0.05) is 25.5 Å². The lowest BCUT2D eigenvalue weighted by Crippen LogP contribution is -2.27. The van der Waals surface area contributed by atoms with Gasteiger partial charge in [0.25, 0.3) is 0 Å². The van der Waals surface area contributed by atoms with Crippen molar-refractivity contribution in [2.45, 2.75) is 32.6 Å². The summed E-state index contributed by atoms with van der Waals surface area (Å²) in [6, 6.07) is 7.06. The second kappa shape index (κ2) is 8.50. The number of rotatable bonds is 10. The number of aryl methyl sites for hydroxylation is 1. The van der Waals surface area contributed by atoms with Gasteiger partial charge in [0.1, 0.15) is 0 Å². The van der Waals surface area contributed by atoms with Crippen LogP contribution in [0.3, 0.4) is 0 Å². The van der Waals surface area contributed by atoms with Gasteiger partial charge in [0.05, 0.1) is 12.0 Å². The van der Waals surface area contributed by atoms with E-state index in [-0.39, 0.29) is 5.75 Å². The summed E-state index contributed by atoms with van der Waals surface area (Å²) in [6.45, 7) is 2.37. The van der Waals surface area contributed by atoms with Crippen molar-refractivity contribution in [2.75, 3.05) is 23.3 Å². The molecule has 0 saturated carbocycles. The molecule has 0 saturated heterocycles. The number of unbranched alkanes of at least 4 members (excludes halogenated alkanes) is 1. The third kappa shape index (κ3) is 8.35. The predicted molar refractivity (Wildman–Crippen MR) is 89.9 cm³/mol. The van der Waals surface area contributed by atoms with E-state index in [0.29, 0.717) is 25.1 Å². The molecule has 2 N–H and O–H groups in total. The lowest BCUT2D eigenvalue weighted by atomic mass is 10.1. The molecule has 0 aromatic heterocycles. The van der Waals surface area contributed by atoms with E-state index >= 15 is 0 Å². The van der Waals surface area contributed by atoms with E-state index in [4.69, 9.17) is 0 Å². The van der Waals surface area contributed by atoms with Crippen LogP contribution in [0, 0.1) is 0 Å². The van der Waals surface area contributed by atoms with Crippen molar-refractivity contribution < 1.29 is 16.8 Å². The molecule has 0 aliphatic carbocycles. The van der Waals surface area contributed by atoms with Gasteiger partial charge in [-0.15, -0.1) is 0 Å². The molecule has 1 rings (SSSR count). The first-order valence-corrected chi connectivity index (χ1v) is 10.8. The standard InChI is InChI=1S/C14H24N2O4S2/c1-3-4-12-22(19,20)15-11-5-6-13-7-9-14(10-8-13)16-21(2,17)18/h7-10,15-16H,3-6,11-12H2,1-2H3. The molecule has 126 valence electrons. The van der Waals surface area contributed by atoms with Crippen LogP contribution >= 0.6 is 0 Å². The molecule has 0 spiro atoms. The van der Waals surface area contributed by atoms with E-state index in [1.807, 2.05) is 19.1 Å². The summed E-state index contributed by atoms with van der Waals surface area (Å²) in [7, 11) is -6.41. The first-order chi connectivity index (χ1) is 10.2. The molecule has 0 heterocycles. The first kappa shape index (κ1) is 18.9. The topological polar surface area (TPSA) is 92.3 Å². The molecule has 22 heavy (non-hydrogen) atoms. The Morgan fingerprint density at radius 1 is 1.00 bits per heavy atom. The van der Waals surface area contributed by atoms with Crippen molar-refractivity contribution in [3.63, 3.8) is 0 Å². The molecule has 0 unspecified atom stereocenters. The summed E-state index contributed by atoms with van der Waals surface area (Å²) in [5, 5.41) is 0. The zero-order valence-electron chi connectivity index (χ0n) is 13.0. The fourth-order valence-corrected chi connectivity index (χ4v) is 3.71. The summed E-state index contributed by atoms with van der Waals surface area (Å²) >= 11 is 0. The molecule has 0 fully saturated rings. The highest BCUT2D eigenvalue weighted by atomic mass is 32.2. The lowest BCUT2D eigenvalue weighted by molar-refractivity contribution is 0.575. The van der Waals surface area contributed by atoms with Gasteiger partial charge in [-0.25, -0.2) is 21.6 Å². The van der Waals surface area contributed by atoms with Crippen molar-refractivity contribution in [1.29, 1.82) is 0 Å². The highest BCUT2D eigenvalue weighted by Crippen LogP contribution is 2.12. The van der Waals surface area contributed by atoms with Gasteiger partial charge in [-0.3, -0.25) is 4.72 Å². The van der Waals surface area contributed by atoms with Crippen LogP contribution in [0.1, 0.15) is 31.7 Å². The number of hydrogen-bond acceptors (Lipinski definition) is 4. The van der Waals surface area contributed by atoms with E-state index in [9.17, 15) is 16.8 Å². The summed E-state index contributed by atoms with van der Waals surface area (Å²) < 4.78 is 50.4. The van der Waals surface area contributed by atoms with E-state index in [1.165, 1.54) is 0 Å². The fraction of sp³-hybridized carbons (Fsp3) is 0.571. The number of anilines is 1. The molecular weight excluding hydrogens is 324 g/mol. The maximum atomic E-state index is 11.6. The minimum Gasteiger partial charge on any atom is -0.284 e. The summed E-state index contributed by atoms with van der Waals surface area (Å²) in [6.07, 6.45) is 4.06. The molecule has 0 amide bonds. The monoisotopic (exact) mass is 348 g/mol. The van der Waals surface area contributed by atoms with Gasteiger partial charge in [-0.05, 0) is 37.0 Å². The van der Waals surface area contributed by atoms with Crippen LogP contribution < -0.4 is 9.44 Å². The van der Waals surface area contributed by atoms with Crippen LogP contribution in [0.4, 0.5) is 5.69 Å². The Morgan fingerprint density at radius 3 is 2.18 bits per heavy atom. The maximum Gasteiger partial charge on any atom is 0.229 e. The number of benzene rings is 1. The smallest absolute Gasteiger partial charge is 0.229 e. The Morgan fingerprint density at radius 2 is 1.64 bits per heavy atom. The highest BCUT2D eigenvalue weighted by molar-refractivity contribution is 7.92. The Kier molecular flexibility index (Phi) is 7.31. The van der Waals surface area contributed by atoms with Crippen LogP contribution in [0.15, 0.2) is 24.3 Å². The Hall–Kier alpha value is -1.12. The van der Waals surface area contributed by atoms with E-state index < -0.39 is 20.0 Å². The molecular formula is C14H24N2O4S2. The van der Waals surface area contributed by atoms with Crippen LogP contribution in [0.2, 0.25) is 0 Å². The highest BCUT2D eigenvalue weighted by Gasteiger charge is 2.08. The van der Waals surface area contributed by atoms with Gasteiger partial charge < -0.3 is 0 Å². The second-order valence-electron chi connectivity index (χ2n) is 5.24. The normalized spacial score (nSPS) is 12.3. The summed E-state index contributed by atoms with van der Waals surface area (Å²) in [5.74, 6) is 0.176. The van der Waals surface area contributed by atoms with E-state index in [0.717, 1.165) is 24.7 Å². The molecule has 0 bridgehead atoms. The van der Waals surface area contributed by atoms with Crippen molar-refractivity contribution in [2.24, 2.45) is 0 Å². The van der Waals surface area contributed by atoms with Crippen LogP contribution in [0.25, 0.3) is 0 Å². The molecule has 6 nitrogen and oxygen atoms in total. The van der Waals surface area contributed by atoms with Crippen molar-refractivity contribution in [3.05, 3.63) is 29.8 Å². The maximum absolute atomic E-state index is 11.6. The SMILES string of the molecule is CCCCS(=O)(=O)NCCCc1ccc(NS(C)(=O)=O)cc1. The van der Waals surface area contributed by atoms with Gasteiger partial charge in [-0.2, -0.15) is 0 Å².